The zero-order valence-corrected chi connectivity index (χ0v) is 16.1. The van der Waals surface area contributed by atoms with Gasteiger partial charge in [0.2, 0.25) is 5.88 Å². The Labute approximate surface area is 166 Å². The van der Waals surface area contributed by atoms with E-state index in [1.165, 1.54) is 12.3 Å². The molecule has 0 aliphatic heterocycles. The summed E-state index contributed by atoms with van der Waals surface area (Å²) in [4.78, 5) is 7.95. The molecule has 7 nitrogen and oxygen atoms in total. The molecule has 0 aliphatic carbocycles. The normalized spacial score (nSPS) is 11.8. The number of alkyl halides is 3. The van der Waals surface area contributed by atoms with Gasteiger partial charge in [-0.2, -0.15) is 13.2 Å². The van der Waals surface area contributed by atoms with Gasteiger partial charge in [-0.15, -0.1) is 0 Å². The molecule has 0 saturated carbocycles. The molecule has 0 atom stereocenters. The lowest BCUT2D eigenvalue weighted by Crippen LogP contribution is -2.23. The first-order chi connectivity index (χ1) is 13.8. The Morgan fingerprint density at radius 2 is 1.86 bits per heavy atom. The standard InChI is InChI=1S/C19H23F3N4O3/c1-3-27-14-5-6-16(28-4-2)15(10-14)26-18(23)25-11-13-7-8-24-17(9-13)29-12-19(20,21)22/h5-10H,3-4,11-12H2,1-2H3,(H3,23,25,26). The molecule has 2 rings (SSSR count). The second kappa shape index (κ2) is 10.4. The SMILES string of the molecule is CCOc1ccc(OCC)c(NC(N)=NCc2ccnc(OCC(F)(F)F)c2)c1. The van der Waals surface area contributed by atoms with E-state index in [0.717, 1.165) is 0 Å². The lowest BCUT2D eigenvalue weighted by Gasteiger charge is -2.14. The predicted molar refractivity (Wildman–Crippen MR) is 104 cm³/mol. The van der Waals surface area contributed by atoms with Crippen molar-refractivity contribution in [3.05, 3.63) is 42.1 Å². The van der Waals surface area contributed by atoms with Crippen molar-refractivity contribution in [3.63, 3.8) is 0 Å². The average molecular weight is 412 g/mol. The lowest BCUT2D eigenvalue weighted by molar-refractivity contribution is -0.154. The third-order valence-electron chi connectivity index (χ3n) is 3.44. The summed E-state index contributed by atoms with van der Waals surface area (Å²) in [5.41, 5.74) is 7.12. The van der Waals surface area contributed by atoms with Gasteiger partial charge in [0, 0.05) is 18.3 Å². The molecule has 1 heterocycles. The van der Waals surface area contributed by atoms with E-state index in [1.54, 1.807) is 24.3 Å². The fraction of sp³-hybridized carbons (Fsp3) is 0.368. The van der Waals surface area contributed by atoms with Crippen molar-refractivity contribution < 1.29 is 27.4 Å². The number of halogens is 3. The van der Waals surface area contributed by atoms with E-state index in [0.29, 0.717) is 36.0 Å². The molecule has 0 unspecified atom stereocenters. The molecule has 158 valence electrons. The van der Waals surface area contributed by atoms with Crippen molar-refractivity contribution >= 4 is 11.6 Å². The third kappa shape index (κ3) is 7.76. The Bertz CT molecular complexity index is 829. The number of ether oxygens (including phenoxy) is 3. The van der Waals surface area contributed by atoms with Crippen molar-refractivity contribution in [2.45, 2.75) is 26.6 Å². The first-order valence-electron chi connectivity index (χ1n) is 8.91. The summed E-state index contributed by atoms with van der Waals surface area (Å²) in [6.45, 7) is 3.43. The summed E-state index contributed by atoms with van der Waals surface area (Å²) < 4.78 is 52.4. The molecule has 0 spiro atoms. The van der Waals surface area contributed by atoms with E-state index in [4.69, 9.17) is 15.2 Å². The van der Waals surface area contributed by atoms with Crippen molar-refractivity contribution in [2.24, 2.45) is 10.7 Å². The number of hydrogen-bond acceptors (Lipinski definition) is 5. The summed E-state index contributed by atoms with van der Waals surface area (Å²) in [5, 5.41) is 2.95. The summed E-state index contributed by atoms with van der Waals surface area (Å²) >= 11 is 0. The monoisotopic (exact) mass is 412 g/mol. The largest absolute Gasteiger partial charge is 0.494 e. The van der Waals surface area contributed by atoms with Crippen LogP contribution in [0.4, 0.5) is 18.9 Å². The molecule has 0 fully saturated rings. The number of nitrogens with zero attached hydrogens (tertiary/aromatic N) is 2. The molecule has 0 bridgehead atoms. The third-order valence-corrected chi connectivity index (χ3v) is 3.44. The number of nitrogens with two attached hydrogens (primary N) is 1. The van der Waals surface area contributed by atoms with Crippen molar-refractivity contribution in [1.29, 1.82) is 0 Å². The quantitative estimate of drug-likeness (QED) is 0.482. The van der Waals surface area contributed by atoms with Gasteiger partial charge in [-0.25, -0.2) is 9.98 Å². The van der Waals surface area contributed by atoms with Crippen molar-refractivity contribution in [2.75, 3.05) is 25.1 Å². The minimum Gasteiger partial charge on any atom is -0.494 e. The molecule has 1 aromatic heterocycles. The molecule has 29 heavy (non-hydrogen) atoms. The number of pyridine rings is 1. The zero-order chi connectivity index (χ0) is 21.3. The van der Waals surface area contributed by atoms with Crippen LogP contribution in [0.3, 0.4) is 0 Å². The van der Waals surface area contributed by atoms with Gasteiger partial charge in [0.05, 0.1) is 25.4 Å². The Kier molecular flexibility index (Phi) is 7.93. The highest BCUT2D eigenvalue weighted by Crippen LogP contribution is 2.29. The molecule has 3 N–H and O–H groups in total. The number of rotatable bonds is 9. The highest BCUT2D eigenvalue weighted by atomic mass is 19.4. The highest BCUT2D eigenvalue weighted by molar-refractivity contribution is 5.94. The molecular weight excluding hydrogens is 389 g/mol. The van der Waals surface area contributed by atoms with Crippen LogP contribution in [-0.4, -0.2) is 36.9 Å². The van der Waals surface area contributed by atoms with Crippen LogP contribution < -0.4 is 25.3 Å². The van der Waals surface area contributed by atoms with Crippen LogP contribution in [0.25, 0.3) is 0 Å². The molecular formula is C19H23F3N4O3. The van der Waals surface area contributed by atoms with Gasteiger partial charge in [-0.3, -0.25) is 0 Å². The Balaban J connectivity index is 2.06. The molecule has 10 heteroatoms. The van der Waals surface area contributed by atoms with Crippen LogP contribution in [-0.2, 0) is 6.54 Å². The number of aliphatic imine (C=N–C) groups is 1. The first kappa shape index (κ1) is 22.1. The van der Waals surface area contributed by atoms with Gasteiger partial charge in [0.15, 0.2) is 12.6 Å². The highest BCUT2D eigenvalue weighted by Gasteiger charge is 2.28. The second-order valence-corrected chi connectivity index (χ2v) is 5.76. The molecule has 0 radical (unpaired) electrons. The topological polar surface area (TPSA) is 91.0 Å². The van der Waals surface area contributed by atoms with E-state index < -0.39 is 12.8 Å². The molecule has 2 aromatic rings. The number of benzene rings is 1. The minimum absolute atomic E-state index is 0.106. The maximum absolute atomic E-state index is 12.2. The van der Waals surface area contributed by atoms with Crippen molar-refractivity contribution in [1.82, 2.24) is 4.98 Å². The number of nitrogens with one attached hydrogen (secondary N) is 1. The zero-order valence-electron chi connectivity index (χ0n) is 16.1. The average Bonchev–Trinajstić information content (AvgIpc) is 2.67. The van der Waals surface area contributed by atoms with Gasteiger partial charge in [-0.1, -0.05) is 0 Å². The summed E-state index contributed by atoms with van der Waals surface area (Å²) in [5.74, 6) is 1.20. The van der Waals surface area contributed by atoms with Crippen LogP contribution in [0.15, 0.2) is 41.5 Å². The van der Waals surface area contributed by atoms with Crippen LogP contribution in [0, 0.1) is 0 Å². The fourth-order valence-corrected chi connectivity index (χ4v) is 2.28. The van der Waals surface area contributed by atoms with Crippen LogP contribution in [0.2, 0.25) is 0 Å². The minimum atomic E-state index is -4.43. The van der Waals surface area contributed by atoms with E-state index in [1.807, 2.05) is 13.8 Å². The summed E-state index contributed by atoms with van der Waals surface area (Å²) in [6.07, 6.45) is -3.09. The van der Waals surface area contributed by atoms with Gasteiger partial charge < -0.3 is 25.3 Å². The van der Waals surface area contributed by atoms with Gasteiger partial charge in [0.25, 0.3) is 0 Å². The maximum Gasteiger partial charge on any atom is 0.422 e. The molecule has 1 aromatic carbocycles. The number of hydrogen-bond donors (Lipinski definition) is 2. The molecule has 0 amide bonds. The number of guanidine groups is 1. The van der Waals surface area contributed by atoms with E-state index in [9.17, 15) is 13.2 Å². The summed E-state index contributed by atoms with van der Waals surface area (Å²) in [7, 11) is 0. The van der Waals surface area contributed by atoms with E-state index >= 15 is 0 Å². The second-order valence-electron chi connectivity index (χ2n) is 5.76. The van der Waals surface area contributed by atoms with Gasteiger partial charge in [0.1, 0.15) is 11.5 Å². The summed E-state index contributed by atoms with van der Waals surface area (Å²) in [6, 6.07) is 8.28. The van der Waals surface area contributed by atoms with E-state index in [-0.39, 0.29) is 18.4 Å². The number of anilines is 1. The molecule has 0 saturated heterocycles. The Morgan fingerprint density at radius 3 is 2.55 bits per heavy atom. The maximum atomic E-state index is 12.2. The van der Waals surface area contributed by atoms with Crippen LogP contribution in [0.5, 0.6) is 17.4 Å². The predicted octanol–water partition coefficient (Wildman–Crippen LogP) is 3.75. The first-order valence-corrected chi connectivity index (χ1v) is 8.91. The molecule has 0 aliphatic rings. The van der Waals surface area contributed by atoms with Gasteiger partial charge >= 0.3 is 6.18 Å². The van der Waals surface area contributed by atoms with Crippen LogP contribution in [0.1, 0.15) is 19.4 Å². The van der Waals surface area contributed by atoms with E-state index in [2.05, 4.69) is 20.0 Å². The Hall–Kier alpha value is -3.17. The smallest absolute Gasteiger partial charge is 0.422 e. The van der Waals surface area contributed by atoms with Crippen LogP contribution >= 0.6 is 0 Å². The lowest BCUT2D eigenvalue weighted by atomic mass is 10.2. The number of aromatic nitrogens is 1. The Morgan fingerprint density at radius 1 is 1.10 bits per heavy atom. The fourth-order valence-electron chi connectivity index (χ4n) is 2.28. The van der Waals surface area contributed by atoms with Crippen molar-refractivity contribution in [3.8, 4) is 17.4 Å². The van der Waals surface area contributed by atoms with Gasteiger partial charge in [-0.05, 0) is 37.6 Å².